The minimum absolute atomic E-state index is 0.139. The van der Waals surface area contributed by atoms with Crippen LogP contribution in [-0.4, -0.2) is 52.3 Å². The molecule has 5 rings (SSSR count). The van der Waals surface area contributed by atoms with E-state index in [9.17, 15) is 14.3 Å². The van der Waals surface area contributed by atoms with E-state index in [-0.39, 0.29) is 18.0 Å². The van der Waals surface area contributed by atoms with E-state index in [2.05, 4.69) is 15.5 Å². The van der Waals surface area contributed by atoms with Gasteiger partial charge in [-0.15, -0.1) is 0 Å². The molecular formula is C30H31ClFN3O4. The van der Waals surface area contributed by atoms with E-state index in [0.717, 1.165) is 54.1 Å². The van der Waals surface area contributed by atoms with Gasteiger partial charge in [0.15, 0.2) is 0 Å². The Morgan fingerprint density at radius 3 is 2.67 bits per heavy atom. The van der Waals surface area contributed by atoms with Gasteiger partial charge in [-0.05, 0) is 73.8 Å². The zero-order valence-electron chi connectivity index (χ0n) is 21.8. The number of methoxy groups -OCH3 is 1. The maximum Gasteiger partial charge on any atom is 0.335 e. The molecule has 1 saturated heterocycles. The second-order valence-corrected chi connectivity index (χ2v) is 10.2. The smallest absolute Gasteiger partial charge is 0.335 e. The van der Waals surface area contributed by atoms with Gasteiger partial charge in [-0.2, -0.15) is 0 Å². The van der Waals surface area contributed by atoms with Crippen molar-refractivity contribution in [3.05, 3.63) is 94.0 Å². The summed E-state index contributed by atoms with van der Waals surface area (Å²) in [5.74, 6) is 0.683. The molecule has 4 aromatic rings. The third kappa shape index (κ3) is 6.24. The number of hydrogen-bond donors (Lipinski definition) is 1. The number of likely N-dealkylation sites (tertiary alicyclic amines) is 1. The van der Waals surface area contributed by atoms with Gasteiger partial charge in [0.2, 0.25) is 0 Å². The van der Waals surface area contributed by atoms with Crippen LogP contribution in [0.5, 0.6) is 5.75 Å². The monoisotopic (exact) mass is 551 g/mol. The van der Waals surface area contributed by atoms with Crippen LogP contribution < -0.4 is 4.74 Å². The maximum atomic E-state index is 14.2. The summed E-state index contributed by atoms with van der Waals surface area (Å²) < 4.78 is 27.7. The molecule has 1 aliphatic rings. The second kappa shape index (κ2) is 12.2. The van der Waals surface area contributed by atoms with Gasteiger partial charge in [0.05, 0.1) is 29.7 Å². The molecule has 0 unspecified atom stereocenters. The first-order valence-corrected chi connectivity index (χ1v) is 13.4. The van der Waals surface area contributed by atoms with E-state index in [1.165, 1.54) is 6.07 Å². The number of nitrogens with zero attached hydrogens (tertiary/aromatic N) is 3. The number of rotatable bonds is 10. The quantitative estimate of drug-likeness (QED) is 0.255. The highest BCUT2D eigenvalue weighted by Gasteiger charge is 2.25. The molecule has 9 heteroatoms. The number of piperidine rings is 1. The van der Waals surface area contributed by atoms with E-state index in [4.69, 9.17) is 26.1 Å². The van der Waals surface area contributed by atoms with Crippen molar-refractivity contribution in [3.63, 3.8) is 0 Å². The van der Waals surface area contributed by atoms with Gasteiger partial charge in [0, 0.05) is 24.2 Å². The van der Waals surface area contributed by atoms with Gasteiger partial charge in [0.25, 0.3) is 0 Å². The van der Waals surface area contributed by atoms with Gasteiger partial charge in [-0.25, -0.2) is 14.2 Å². The predicted molar refractivity (Wildman–Crippen MR) is 148 cm³/mol. The minimum atomic E-state index is -0.956. The number of imidazole rings is 1. The molecule has 2 heterocycles. The fourth-order valence-corrected chi connectivity index (χ4v) is 5.36. The number of carbonyl (C=O) groups is 1. The number of fused-ring (bicyclic) bond motifs is 1. The number of carboxylic acids is 1. The zero-order chi connectivity index (χ0) is 27.4. The van der Waals surface area contributed by atoms with Crippen molar-refractivity contribution in [2.24, 2.45) is 0 Å². The van der Waals surface area contributed by atoms with Crippen molar-refractivity contribution in [2.75, 3.05) is 26.8 Å². The Kier molecular flexibility index (Phi) is 8.45. The lowest BCUT2D eigenvalue weighted by Crippen LogP contribution is -2.33. The fraction of sp³-hybridized carbons (Fsp3) is 0.333. The molecule has 0 atom stereocenters. The van der Waals surface area contributed by atoms with Gasteiger partial charge in [0.1, 0.15) is 24.0 Å². The minimum Gasteiger partial charge on any atom is -0.489 e. The normalized spacial score (nSPS) is 14.6. The summed E-state index contributed by atoms with van der Waals surface area (Å²) in [6.45, 7) is 3.69. The van der Waals surface area contributed by atoms with Crippen LogP contribution in [0.1, 0.15) is 46.1 Å². The molecule has 1 aliphatic heterocycles. The van der Waals surface area contributed by atoms with Crippen LogP contribution >= 0.6 is 11.6 Å². The molecule has 3 aromatic carbocycles. The highest BCUT2D eigenvalue weighted by Crippen LogP contribution is 2.35. The number of ether oxygens (including phenoxy) is 2. The number of hydrogen-bond acceptors (Lipinski definition) is 5. The Bertz CT molecular complexity index is 1470. The Morgan fingerprint density at radius 2 is 1.92 bits per heavy atom. The van der Waals surface area contributed by atoms with Crippen molar-refractivity contribution >= 4 is 28.6 Å². The van der Waals surface area contributed by atoms with E-state index in [0.29, 0.717) is 36.2 Å². The molecular weight excluding hydrogens is 521 g/mol. The molecule has 0 bridgehead atoms. The fourth-order valence-electron chi connectivity index (χ4n) is 5.20. The molecule has 0 aliphatic carbocycles. The summed E-state index contributed by atoms with van der Waals surface area (Å²) in [5.41, 5.74) is 3.44. The van der Waals surface area contributed by atoms with Crippen molar-refractivity contribution in [1.82, 2.24) is 14.5 Å². The molecule has 204 valence electrons. The number of benzene rings is 3. The molecule has 0 saturated carbocycles. The predicted octanol–water partition coefficient (Wildman–Crippen LogP) is 6.13. The molecule has 1 aromatic heterocycles. The van der Waals surface area contributed by atoms with Gasteiger partial charge in [-0.1, -0.05) is 35.9 Å². The molecule has 0 spiro atoms. The zero-order valence-corrected chi connectivity index (χ0v) is 22.5. The maximum absolute atomic E-state index is 14.2. The number of aromatic nitrogens is 2. The summed E-state index contributed by atoms with van der Waals surface area (Å²) >= 11 is 5.88. The highest BCUT2D eigenvalue weighted by atomic mass is 35.5. The van der Waals surface area contributed by atoms with Crippen LogP contribution in [-0.2, 0) is 24.4 Å². The topological polar surface area (TPSA) is 76.8 Å². The second-order valence-electron chi connectivity index (χ2n) is 9.79. The summed E-state index contributed by atoms with van der Waals surface area (Å²) in [6.07, 6.45) is 1.91. The van der Waals surface area contributed by atoms with Crippen LogP contribution in [0.25, 0.3) is 11.0 Å². The first-order chi connectivity index (χ1) is 18.9. The Hall–Kier alpha value is -3.46. The van der Waals surface area contributed by atoms with Crippen molar-refractivity contribution in [2.45, 2.75) is 38.5 Å². The van der Waals surface area contributed by atoms with E-state index >= 15 is 0 Å². The summed E-state index contributed by atoms with van der Waals surface area (Å²) in [7, 11) is 1.65. The van der Waals surface area contributed by atoms with Gasteiger partial charge >= 0.3 is 5.97 Å². The molecule has 39 heavy (non-hydrogen) atoms. The average molecular weight is 552 g/mol. The first kappa shape index (κ1) is 27.1. The number of aromatic carboxylic acids is 1. The third-order valence-electron chi connectivity index (χ3n) is 7.30. The lowest BCUT2D eigenvalue weighted by Gasteiger charge is -2.32. The highest BCUT2D eigenvalue weighted by molar-refractivity contribution is 6.30. The SMILES string of the molecule is COCCn1c(CN2CCC(c3ccccc3OCc3ccc(Cl)cc3F)CC2)nc2ccc(C(=O)O)cc21. The number of halogens is 2. The van der Waals surface area contributed by atoms with Crippen LogP contribution in [0.3, 0.4) is 0 Å². The largest absolute Gasteiger partial charge is 0.489 e. The molecule has 0 radical (unpaired) electrons. The number of para-hydroxylation sites is 1. The third-order valence-corrected chi connectivity index (χ3v) is 7.54. The Morgan fingerprint density at radius 1 is 1.13 bits per heavy atom. The summed E-state index contributed by atoms with van der Waals surface area (Å²) in [5, 5.41) is 9.80. The van der Waals surface area contributed by atoms with Crippen molar-refractivity contribution in [3.8, 4) is 5.75 Å². The van der Waals surface area contributed by atoms with E-state index in [1.807, 2.05) is 18.2 Å². The van der Waals surface area contributed by atoms with Crippen molar-refractivity contribution < 1.29 is 23.8 Å². The summed E-state index contributed by atoms with van der Waals surface area (Å²) in [6, 6.07) is 17.7. The Labute approximate surface area is 231 Å². The first-order valence-electron chi connectivity index (χ1n) is 13.0. The average Bonchev–Trinajstić information content (AvgIpc) is 3.28. The molecule has 0 amide bonds. The van der Waals surface area contributed by atoms with Crippen molar-refractivity contribution in [1.29, 1.82) is 0 Å². The van der Waals surface area contributed by atoms with Crippen LogP contribution in [0.2, 0.25) is 5.02 Å². The lowest BCUT2D eigenvalue weighted by molar-refractivity contribution is 0.0697. The summed E-state index contributed by atoms with van der Waals surface area (Å²) in [4.78, 5) is 18.7. The Balaban J connectivity index is 1.26. The van der Waals surface area contributed by atoms with Gasteiger partial charge in [-0.3, -0.25) is 4.90 Å². The van der Waals surface area contributed by atoms with Crippen LogP contribution in [0, 0.1) is 5.82 Å². The van der Waals surface area contributed by atoms with Crippen LogP contribution in [0.15, 0.2) is 60.7 Å². The van der Waals surface area contributed by atoms with Crippen LogP contribution in [0.4, 0.5) is 4.39 Å². The molecule has 1 fully saturated rings. The molecule has 1 N–H and O–H groups in total. The van der Waals surface area contributed by atoms with Gasteiger partial charge < -0.3 is 19.1 Å². The van der Waals surface area contributed by atoms with E-state index in [1.54, 1.807) is 37.4 Å². The van der Waals surface area contributed by atoms with E-state index < -0.39 is 5.97 Å². The lowest BCUT2D eigenvalue weighted by atomic mass is 9.89. The standard InChI is InChI=1S/C30H31ClFN3O4/c1-38-15-14-35-27-16-21(30(36)37)7-9-26(27)33-29(35)18-34-12-10-20(11-13-34)24-4-2-3-5-28(24)39-19-22-6-8-23(31)17-25(22)32/h2-9,16-17,20H,10-15,18-19H2,1H3,(H,36,37). The number of carboxylic acid groups (broad SMARTS) is 1. The molecule has 7 nitrogen and oxygen atoms in total.